The van der Waals surface area contributed by atoms with Gasteiger partial charge in [-0.05, 0) is 28.1 Å². The third-order valence-electron chi connectivity index (χ3n) is 1.78. The molecular formula is C10H8BrN5O. The van der Waals surface area contributed by atoms with Crippen LogP contribution in [0.15, 0.2) is 41.4 Å². The number of rotatable bonds is 2. The molecule has 2 rings (SSSR count). The van der Waals surface area contributed by atoms with Crippen LogP contribution in [0.1, 0.15) is 0 Å². The van der Waals surface area contributed by atoms with E-state index in [0.29, 0.717) is 5.69 Å². The van der Waals surface area contributed by atoms with Crippen LogP contribution in [-0.2, 0) is 0 Å². The second-order valence-corrected chi connectivity index (χ2v) is 3.96. The minimum absolute atomic E-state index is 0.236. The van der Waals surface area contributed by atoms with E-state index in [4.69, 9.17) is 0 Å². The largest absolute Gasteiger partial charge is 0.326 e. The molecule has 2 heterocycles. The molecule has 0 unspecified atom stereocenters. The Hall–Kier alpha value is -2.02. The highest BCUT2D eigenvalue weighted by atomic mass is 79.9. The summed E-state index contributed by atoms with van der Waals surface area (Å²) in [5, 5.41) is 5.13. The van der Waals surface area contributed by atoms with E-state index in [1.54, 1.807) is 36.9 Å². The van der Waals surface area contributed by atoms with E-state index >= 15 is 0 Å². The van der Waals surface area contributed by atoms with Gasteiger partial charge in [0.05, 0.1) is 4.47 Å². The maximum absolute atomic E-state index is 11.5. The number of hydrogen-bond acceptors (Lipinski definition) is 4. The van der Waals surface area contributed by atoms with Crippen LogP contribution >= 0.6 is 15.9 Å². The Balaban J connectivity index is 1.96. The molecule has 7 heteroatoms. The summed E-state index contributed by atoms with van der Waals surface area (Å²) < 4.78 is 0.748. The number of nitrogens with one attached hydrogen (secondary N) is 2. The van der Waals surface area contributed by atoms with Gasteiger partial charge in [-0.3, -0.25) is 10.3 Å². The third-order valence-corrected chi connectivity index (χ3v) is 2.19. The number of urea groups is 1. The molecule has 0 saturated heterocycles. The Morgan fingerprint density at radius 1 is 1.12 bits per heavy atom. The molecule has 0 radical (unpaired) electrons. The number of hydrogen-bond donors (Lipinski definition) is 2. The standard InChI is InChI=1S/C10H8BrN5O/c11-7-5-13-9(14-6-7)16-10(17)15-8-1-3-12-4-2-8/h1-6H,(H2,12,13,14,15,16,17). The van der Waals surface area contributed by atoms with Crippen LogP contribution in [0.4, 0.5) is 16.4 Å². The number of halogens is 1. The van der Waals surface area contributed by atoms with Crippen LogP contribution in [0, 0.1) is 0 Å². The molecule has 0 aliphatic carbocycles. The molecule has 17 heavy (non-hydrogen) atoms. The molecular weight excluding hydrogens is 286 g/mol. The van der Waals surface area contributed by atoms with Crippen molar-refractivity contribution in [3.63, 3.8) is 0 Å². The van der Waals surface area contributed by atoms with Crippen molar-refractivity contribution in [1.29, 1.82) is 0 Å². The second-order valence-electron chi connectivity index (χ2n) is 3.04. The molecule has 0 bridgehead atoms. The van der Waals surface area contributed by atoms with Gasteiger partial charge in [-0.1, -0.05) is 0 Å². The number of pyridine rings is 1. The molecule has 2 N–H and O–H groups in total. The van der Waals surface area contributed by atoms with Crippen LogP contribution in [0.25, 0.3) is 0 Å². The van der Waals surface area contributed by atoms with Crippen molar-refractivity contribution in [1.82, 2.24) is 15.0 Å². The Morgan fingerprint density at radius 3 is 2.41 bits per heavy atom. The Labute approximate surface area is 106 Å². The molecule has 2 amide bonds. The van der Waals surface area contributed by atoms with Crippen molar-refractivity contribution in [3.05, 3.63) is 41.4 Å². The van der Waals surface area contributed by atoms with Crippen molar-refractivity contribution in [2.75, 3.05) is 10.6 Å². The van der Waals surface area contributed by atoms with Crippen molar-refractivity contribution >= 4 is 33.6 Å². The van der Waals surface area contributed by atoms with E-state index in [9.17, 15) is 4.79 Å². The summed E-state index contributed by atoms with van der Waals surface area (Å²) in [5.74, 6) is 0.236. The molecule has 86 valence electrons. The Kier molecular flexibility index (Phi) is 3.61. The topological polar surface area (TPSA) is 79.8 Å². The molecule has 0 aliphatic rings. The Morgan fingerprint density at radius 2 is 1.76 bits per heavy atom. The lowest BCUT2D eigenvalue weighted by Gasteiger charge is -2.05. The first-order valence-electron chi connectivity index (χ1n) is 4.69. The van der Waals surface area contributed by atoms with Gasteiger partial charge in [0.2, 0.25) is 5.95 Å². The van der Waals surface area contributed by atoms with Gasteiger partial charge in [0, 0.05) is 30.5 Å². The number of anilines is 2. The van der Waals surface area contributed by atoms with Crippen LogP contribution < -0.4 is 10.6 Å². The molecule has 0 aromatic carbocycles. The highest BCUT2D eigenvalue weighted by Crippen LogP contribution is 2.08. The van der Waals surface area contributed by atoms with E-state index in [-0.39, 0.29) is 5.95 Å². The van der Waals surface area contributed by atoms with E-state index in [1.165, 1.54) is 0 Å². The summed E-state index contributed by atoms with van der Waals surface area (Å²) in [6.45, 7) is 0. The minimum Gasteiger partial charge on any atom is -0.308 e. The number of carbonyl (C=O) groups is 1. The predicted octanol–water partition coefficient (Wildman–Crippen LogP) is 2.28. The van der Waals surface area contributed by atoms with Gasteiger partial charge in [0.15, 0.2) is 0 Å². The summed E-state index contributed by atoms with van der Waals surface area (Å²) in [5.41, 5.74) is 0.648. The van der Waals surface area contributed by atoms with Crippen molar-refractivity contribution in [3.8, 4) is 0 Å². The number of carbonyl (C=O) groups excluding carboxylic acids is 1. The summed E-state index contributed by atoms with van der Waals surface area (Å²) in [7, 11) is 0. The molecule has 2 aromatic rings. The lowest BCUT2D eigenvalue weighted by Crippen LogP contribution is -2.20. The van der Waals surface area contributed by atoms with Crippen molar-refractivity contribution in [2.24, 2.45) is 0 Å². The molecule has 0 atom stereocenters. The quantitative estimate of drug-likeness (QED) is 0.890. The summed E-state index contributed by atoms with van der Waals surface area (Å²) in [6, 6.07) is 2.96. The number of amides is 2. The van der Waals surface area contributed by atoms with Gasteiger partial charge in [-0.15, -0.1) is 0 Å². The summed E-state index contributed by atoms with van der Waals surface area (Å²) in [4.78, 5) is 23.2. The molecule has 2 aromatic heterocycles. The van der Waals surface area contributed by atoms with E-state index in [0.717, 1.165) is 4.47 Å². The van der Waals surface area contributed by atoms with Gasteiger partial charge in [-0.25, -0.2) is 14.8 Å². The first-order chi connectivity index (χ1) is 8.24. The van der Waals surface area contributed by atoms with Gasteiger partial charge >= 0.3 is 6.03 Å². The van der Waals surface area contributed by atoms with Gasteiger partial charge < -0.3 is 5.32 Å². The second kappa shape index (κ2) is 5.35. The monoisotopic (exact) mass is 293 g/mol. The zero-order valence-corrected chi connectivity index (χ0v) is 10.2. The highest BCUT2D eigenvalue weighted by Gasteiger charge is 2.03. The fourth-order valence-electron chi connectivity index (χ4n) is 1.08. The average molecular weight is 294 g/mol. The molecule has 6 nitrogen and oxygen atoms in total. The fraction of sp³-hybridized carbons (Fsp3) is 0. The van der Waals surface area contributed by atoms with Crippen molar-refractivity contribution in [2.45, 2.75) is 0 Å². The average Bonchev–Trinajstić information content (AvgIpc) is 2.33. The smallest absolute Gasteiger partial charge is 0.308 e. The highest BCUT2D eigenvalue weighted by molar-refractivity contribution is 9.10. The van der Waals surface area contributed by atoms with Crippen LogP contribution in [-0.4, -0.2) is 21.0 Å². The zero-order chi connectivity index (χ0) is 12.1. The molecule has 0 aliphatic heterocycles. The molecule has 0 saturated carbocycles. The van der Waals surface area contributed by atoms with Gasteiger partial charge in [0.25, 0.3) is 0 Å². The van der Waals surface area contributed by atoms with Crippen molar-refractivity contribution < 1.29 is 4.79 Å². The first kappa shape index (κ1) is 11.5. The van der Waals surface area contributed by atoms with Crippen LogP contribution in [0.5, 0.6) is 0 Å². The van der Waals surface area contributed by atoms with Gasteiger partial charge in [0.1, 0.15) is 0 Å². The van der Waals surface area contributed by atoms with Gasteiger partial charge in [-0.2, -0.15) is 0 Å². The lowest BCUT2D eigenvalue weighted by molar-refractivity contribution is 0.262. The van der Waals surface area contributed by atoms with E-state index in [1.807, 2.05) is 0 Å². The van der Waals surface area contributed by atoms with E-state index < -0.39 is 6.03 Å². The lowest BCUT2D eigenvalue weighted by atomic mass is 10.4. The number of nitrogens with zero attached hydrogens (tertiary/aromatic N) is 3. The number of aromatic nitrogens is 3. The SMILES string of the molecule is O=C(Nc1ccncc1)Nc1ncc(Br)cn1. The van der Waals surface area contributed by atoms with E-state index in [2.05, 4.69) is 41.5 Å². The maximum Gasteiger partial charge on any atom is 0.326 e. The third kappa shape index (κ3) is 3.49. The molecule has 0 fully saturated rings. The zero-order valence-electron chi connectivity index (χ0n) is 8.59. The molecule has 0 spiro atoms. The summed E-state index contributed by atoms with van der Waals surface area (Å²) >= 11 is 3.21. The maximum atomic E-state index is 11.5. The Bertz CT molecular complexity index is 502. The fourth-order valence-corrected chi connectivity index (χ4v) is 1.28. The summed E-state index contributed by atoms with van der Waals surface area (Å²) in [6.07, 6.45) is 6.28. The van der Waals surface area contributed by atoms with Crippen LogP contribution in [0.2, 0.25) is 0 Å². The predicted molar refractivity (Wildman–Crippen MR) is 66.6 cm³/mol. The van der Waals surface area contributed by atoms with Crippen LogP contribution in [0.3, 0.4) is 0 Å². The normalized spacial score (nSPS) is 9.71. The first-order valence-corrected chi connectivity index (χ1v) is 5.49. The minimum atomic E-state index is -0.404.